The van der Waals surface area contributed by atoms with Crippen LogP contribution in [0.25, 0.3) is 0 Å². The molecule has 116 valence electrons. The molecule has 1 aliphatic heterocycles. The van der Waals surface area contributed by atoms with Gasteiger partial charge in [0.05, 0.1) is 12.4 Å². The number of imidazole rings is 1. The number of hydrogen-bond acceptors (Lipinski definition) is 6. The number of carbonyl (C=O) groups is 2. The SMILES string of the molecule is O=C(CCNC(O)C1CN1)NC(Cc1cnc[nH]1)C(=O)O. The molecule has 1 aromatic rings. The minimum Gasteiger partial charge on any atom is -0.480 e. The summed E-state index contributed by atoms with van der Waals surface area (Å²) in [4.78, 5) is 29.4. The highest BCUT2D eigenvalue weighted by Gasteiger charge is 2.28. The van der Waals surface area contributed by atoms with E-state index in [1.165, 1.54) is 12.5 Å². The Morgan fingerprint density at radius 3 is 2.86 bits per heavy atom. The number of carbonyl (C=O) groups excluding carboxylic acids is 1. The first-order valence-corrected chi connectivity index (χ1v) is 6.70. The van der Waals surface area contributed by atoms with Gasteiger partial charge in [-0.05, 0) is 0 Å². The van der Waals surface area contributed by atoms with Gasteiger partial charge in [0.1, 0.15) is 12.3 Å². The predicted molar refractivity (Wildman–Crippen MR) is 72.3 cm³/mol. The van der Waals surface area contributed by atoms with Crippen molar-refractivity contribution >= 4 is 11.9 Å². The lowest BCUT2D eigenvalue weighted by Gasteiger charge is -2.15. The lowest BCUT2D eigenvalue weighted by Crippen LogP contribution is -2.44. The smallest absolute Gasteiger partial charge is 0.326 e. The molecule has 21 heavy (non-hydrogen) atoms. The van der Waals surface area contributed by atoms with Crippen LogP contribution in [0.2, 0.25) is 0 Å². The zero-order chi connectivity index (χ0) is 15.2. The molecule has 3 atom stereocenters. The summed E-state index contributed by atoms with van der Waals surface area (Å²) in [6, 6.07) is -0.965. The fourth-order valence-electron chi connectivity index (χ4n) is 1.85. The Labute approximate surface area is 121 Å². The van der Waals surface area contributed by atoms with Crippen LogP contribution in [0.15, 0.2) is 12.5 Å². The highest BCUT2D eigenvalue weighted by atomic mass is 16.4. The molecule has 2 heterocycles. The quantitative estimate of drug-likeness (QED) is 0.223. The first kappa shape index (κ1) is 15.4. The second kappa shape index (κ2) is 7.16. The molecule has 1 saturated heterocycles. The lowest BCUT2D eigenvalue weighted by atomic mass is 10.1. The van der Waals surface area contributed by atoms with Crippen molar-refractivity contribution in [1.82, 2.24) is 25.9 Å². The van der Waals surface area contributed by atoms with E-state index in [-0.39, 0.29) is 31.3 Å². The summed E-state index contributed by atoms with van der Waals surface area (Å²) in [6.45, 7) is 1.03. The van der Waals surface area contributed by atoms with Crippen molar-refractivity contribution in [2.45, 2.75) is 31.2 Å². The Morgan fingerprint density at radius 2 is 2.29 bits per heavy atom. The fourth-order valence-corrected chi connectivity index (χ4v) is 1.85. The second-order valence-electron chi connectivity index (χ2n) is 4.90. The maximum atomic E-state index is 11.7. The minimum atomic E-state index is -1.10. The second-order valence-corrected chi connectivity index (χ2v) is 4.90. The molecule has 1 amide bonds. The van der Waals surface area contributed by atoms with Gasteiger partial charge in [0.25, 0.3) is 0 Å². The number of aliphatic hydroxyl groups excluding tert-OH is 1. The number of aliphatic carboxylic acids is 1. The van der Waals surface area contributed by atoms with Crippen molar-refractivity contribution < 1.29 is 19.8 Å². The summed E-state index contributed by atoms with van der Waals surface area (Å²) in [5, 5.41) is 26.8. The number of H-pyrrole nitrogens is 1. The maximum absolute atomic E-state index is 11.7. The summed E-state index contributed by atoms with van der Waals surface area (Å²) in [7, 11) is 0. The van der Waals surface area contributed by atoms with Crippen molar-refractivity contribution in [3.05, 3.63) is 18.2 Å². The summed E-state index contributed by atoms with van der Waals surface area (Å²) in [5.41, 5.74) is 0.635. The van der Waals surface area contributed by atoms with Gasteiger partial charge in [-0.15, -0.1) is 0 Å². The molecule has 1 fully saturated rings. The van der Waals surface area contributed by atoms with Gasteiger partial charge < -0.3 is 25.8 Å². The largest absolute Gasteiger partial charge is 0.480 e. The standard InChI is InChI=1S/C12H19N5O4/c18-10(1-2-14-11(19)9-5-15-9)17-8(12(20)21)3-7-4-13-6-16-7/h4,6,8-9,11,14-15,19H,1-3,5H2,(H,13,16)(H,17,18)(H,20,21). The first-order chi connectivity index (χ1) is 10.1. The Kier molecular flexibility index (Phi) is 5.26. The van der Waals surface area contributed by atoms with Crippen LogP contribution in [0, 0.1) is 0 Å². The number of aromatic amines is 1. The molecule has 1 aromatic heterocycles. The van der Waals surface area contributed by atoms with E-state index in [1.807, 2.05) is 0 Å². The van der Waals surface area contributed by atoms with E-state index < -0.39 is 18.2 Å². The van der Waals surface area contributed by atoms with Crippen LogP contribution in [0.5, 0.6) is 0 Å². The molecule has 1 aliphatic rings. The molecule has 9 heteroatoms. The van der Waals surface area contributed by atoms with Gasteiger partial charge in [-0.1, -0.05) is 0 Å². The Morgan fingerprint density at radius 1 is 1.52 bits per heavy atom. The number of nitrogens with one attached hydrogen (secondary N) is 4. The highest BCUT2D eigenvalue weighted by Crippen LogP contribution is 2.01. The molecule has 0 radical (unpaired) electrons. The topological polar surface area (TPSA) is 149 Å². The number of nitrogens with zero attached hydrogens (tertiary/aromatic N) is 1. The molecule has 3 unspecified atom stereocenters. The Hall–Kier alpha value is -1.97. The van der Waals surface area contributed by atoms with E-state index in [1.54, 1.807) is 0 Å². The van der Waals surface area contributed by atoms with E-state index in [2.05, 4.69) is 25.9 Å². The van der Waals surface area contributed by atoms with Gasteiger partial charge in [-0.3, -0.25) is 10.1 Å². The van der Waals surface area contributed by atoms with E-state index >= 15 is 0 Å². The van der Waals surface area contributed by atoms with Crippen LogP contribution in [-0.2, 0) is 16.0 Å². The zero-order valence-corrected chi connectivity index (χ0v) is 11.4. The molecule has 0 spiro atoms. The van der Waals surface area contributed by atoms with Crippen molar-refractivity contribution in [3.63, 3.8) is 0 Å². The van der Waals surface area contributed by atoms with Crippen LogP contribution < -0.4 is 16.0 Å². The van der Waals surface area contributed by atoms with Gasteiger partial charge >= 0.3 is 5.97 Å². The normalized spacial score (nSPS) is 19.8. The molecule has 0 bridgehead atoms. The van der Waals surface area contributed by atoms with Crippen molar-refractivity contribution in [3.8, 4) is 0 Å². The Bertz CT molecular complexity index is 474. The summed E-state index contributed by atoms with van der Waals surface area (Å²) in [6.07, 6.45) is 2.52. The molecular formula is C12H19N5O4. The Balaban J connectivity index is 1.71. The van der Waals surface area contributed by atoms with Crippen molar-refractivity contribution in [1.29, 1.82) is 0 Å². The summed E-state index contributed by atoms with van der Waals surface area (Å²) < 4.78 is 0. The van der Waals surface area contributed by atoms with E-state index in [4.69, 9.17) is 5.11 Å². The monoisotopic (exact) mass is 297 g/mol. The van der Waals surface area contributed by atoms with Gasteiger partial charge in [-0.2, -0.15) is 0 Å². The van der Waals surface area contributed by atoms with Gasteiger partial charge in [0.2, 0.25) is 5.91 Å². The molecule has 0 saturated carbocycles. The van der Waals surface area contributed by atoms with Gasteiger partial charge in [0.15, 0.2) is 0 Å². The number of rotatable bonds is 9. The number of carboxylic acid groups (broad SMARTS) is 1. The molecule has 9 nitrogen and oxygen atoms in total. The minimum absolute atomic E-state index is 0.0419. The molecule has 0 aliphatic carbocycles. The van der Waals surface area contributed by atoms with Gasteiger partial charge in [-0.25, -0.2) is 9.78 Å². The number of amides is 1. The van der Waals surface area contributed by atoms with E-state index in [9.17, 15) is 14.7 Å². The number of aliphatic hydroxyl groups is 1. The highest BCUT2D eigenvalue weighted by molar-refractivity contribution is 5.83. The van der Waals surface area contributed by atoms with Crippen LogP contribution in [0.1, 0.15) is 12.1 Å². The summed E-state index contributed by atoms with van der Waals surface area (Å²) in [5.74, 6) is -1.49. The molecule has 6 N–H and O–H groups in total. The van der Waals surface area contributed by atoms with Crippen molar-refractivity contribution in [2.75, 3.05) is 13.1 Å². The van der Waals surface area contributed by atoms with E-state index in [0.717, 1.165) is 6.54 Å². The molecule has 2 rings (SSSR count). The third kappa shape index (κ3) is 5.14. The van der Waals surface area contributed by atoms with Crippen molar-refractivity contribution in [2.24, 2.45) is 0 Å². The number of carboxylic acids is 1. The van der Waals surface area contributed by atoms with Gasteiger partial charge in [0, 0.05) is 37.8 Å². The first-order valence-electron chi connectivity index (χ1n) is 6.70. The zero-order valence-electron chi connectivity index (χ0n) is 11.4. The lowest BCUT2D eigenvalue weighted by molar-refractivity contribution is -0.141. The average Bonchev–Trinajstić information content (AvgIpc) is 3.16. The maximum Gasteiger partial charge on any atom is 0.326 e. The van der Waals surface area contributed by atoms with Crippen LogP contribution >= 0.6 is 0 Å². The number of hydrogen-bond donors (Lipinski definition) is 6. The third-order valence-electron chi connectivity index (χ3n) is 3.14. The molecular weight excluding hydrogens is 278 g/mol. The van der Waals surface area contributed by atoms with Crippen LogP contribution in [0.3, 0.4) is 0 Å². The molecule has 0 aromatic carbocycles. The third-order valence-corrected chi connectivity index (χ3v) is 3.14. The summed E-state index contributed by atoms with van der Waals surface area (Å²) >= 11 is 0. The number of aromatic nitrogens is 2. The van der Waals surface area contributed by atoms with E-state index in [0.29, 0.717) is 5.69 Å². The van der Waals surface area contributed by atoms with Crippen LogP contribution in [0.4, 0.5) is 0 Å². The van der Waals surface area contributed by atoms with Crippen LogP contribution in [-0.4, -0.2) is 63.5 Å². The fraction of sp³-hybridized carbons (Fsp3) is 0.583. The average molecular weight is 297 g/mol. The predicted octanol–water partition coefficient (Wildman–Crippen LogP) is -2.21.